The maximum absolute atomic E-state index is 15.2. The second kappa shape index (κ2) is 13.1. The fraction of sp³-hybridized carbons (Fsp3) is 0.342. The molecule has 0 saturated carbocycles. The maximum atomic E-state index is 15.2. The Kier molecular flexibility index (Phi) is 8.19. The molecule has 2 amide bonds. The fourth-order valence-corrected chi connectivity index (χ4v) is 8.03. The first-order valence-electron chi connectivity index (χ1n) is 18.1. The number of amides is 2. The summed E-state index contributed by atoms with van der Waals surface area (Å²) in [4.78, 5) is 52.5. The minimum absolute atomic E-state index is 0.0526. The molecule has 4 aromatic heterocycles. The number of aromatic nitrogens is 7. The molecule has 2 atom stereocenters. The first-order chi connectivity index (χ1) is 26.1. The molecule has 2 saturated heterocycles. The van der Waals surface area contributed by atoms with E-state index in [-0.39, 0.29) is 41.6 Å². The van der Waals surface area contributed by atoms with Crippen LogP contribution in [0.5, 0.6) is 0 Å². The van der Waals surface area contributed by atoms with Crippen molar-refractivity contribution in [3.05, 3.63) is 83.8 Å². The monoisotopic (exact) mass is 735 g/mol. The van der Waals surface area contributed by atoms with Crippen molar-refractivity contribution in [2.24, 2.45) is 0 Å². The number of nitrogens with zero attached hydrogens (tertiary/aromatic N) is 10. The molecule has 7 heterocycles. The number of pyridine rings is 1. The van der Waals surface area contributed by atoms with Gasteiger partial charge in [-0.3, -0.25) is 9.59 Å². The highest BCUT2D eigenvalue weighted by molar-refractivity contribution is 5.98. The minimum Gasteiger partial charge on any atom is -0.365 e. The lowest BCUT2D eigenvalue weighted by atomic mass is 10.1. The van der Waals surface area contributed by atoms with Gasteiger partial charge in [-0.1, -0.05) is 6.07 Å². The number of imidazole rings is 1. The van der Waals surface area contributed by atoms with E-state index in [2.05, 4.69) is 20.4 Å². The number of rotatable bonds is 3. The molecule has 54 heavy (non-hydrogen) atoms. The number of benzene rings is 2. The summed E-state index contributed by atoms with van der Waals surface area (Å²) in [5.41, 5.74) is 2.60. The van der Waals surface area contributed by atoms with E-state index in [4.69, 9.17) is 9.97 Å². The van der Waals surface area contributed by atoms with Crippen molar-refractivity contribution in [3.63, 3.8) is 0 Å². The first kappa shape index (κ1) is 33.8. The SMILES string of the molecule is Cc1nc2cc(F)cc3c2n1CCCN(C)C(=O)[C@@H]1C[C@@H](CN1c1nc(C(=O)N2CCCC2)nc2c1cnn2-c1ccc(F)cc1F)Nc1cccc-3n1. The molecule has 1 N–H and O–H groups in total. The van der Waals surface area contributed by atoms with Crippen molar-refractivity contribution < 1.29 is 22.8 Å². The van der Waals surface area contributed by atoms with Crippen LogP contribution in [0.15, 0.2) is 54.7 Å². The van der Waals surface area contributed by atoms with Gasteiger partial charge in [0.05, 0.1) is 28.3 Å². The van der Waals surface area contributed by atoms with E-state index in [1.165, 1.54) is 29.1 Å². The lowest BCUT2D eigenvalue weighted by molar-refractivity contribution is -0.131. The van der Waals surface area contributed by atoms with Gasteiger partial charge >= 0.3 is 0 Å². The zero-order chi connectivity index (χ0) is 37.2. The molecule has 9 rings (SSSR count). The summed E-state index contributed by atoms with van der Waals surface area (Å²) in [7, 11) is 1.76. The van der Waals surface area contributed by atoms with Gasteiger partial charge in [-0.25, -0.2) is 37.8 Å². The van der Waals surface area contributed by atoms with Crippen LogP contribution >= 0.6 is 0 Å². The number of carbonyl (C=O) groups excluding carboxylic acids is 2. The first-order valence-corrected chi connectivity index (χ1v) is 18.1. The van der Waals surface area contributed by atoms with Crippen LogP contribution in [0, 0.1) is 24.4 Å². The zero-order valence-corrected chi connectivity index (χ0v) is 29.6. The van der Waals surface area contributed by atoms with Crippen LogP contribution < -0.4 is 10.2 Å². The topological polar surface area (TPSA) is 130 Å². The highest BCUT2D eigenvalue weighted by atomic mass is 19.1. The van der Waals surface area contributed by atoms with Crippen LogP contribution in [0.25, 0.3) is 39.0 Å². The summed E-state index contributed by atoms with van der Waals surface area (Å²) < 4.78 is 47.3. The van der Waals surface area contributed by atoms with Crippen LogP contribution in [0.3, 0.4) is 0 Å². The molecule has 0 unspecified atom stereocenters. The molecular weight excluding hydrogens is 699 g/mol. The Morgan fingerprint density at radius 1 is 0.907 bits per heavy atom. The van der Waals surface area contributed by atoms with Crippen molar-refractivity contribution >= 4 is 45.5 Å². The normalized spacial score (nSPS) is 19.1. The average Bonchev–Trinajstić information content (AvgIpc) is 3.97. The smallest absolute Gasteiger partial charge is 0.291 e. The molecule has 2 fully saturated rings. The van der Waals surface area contributed by atoms with Crippen molar-refractivity contribution in [3.8, 4) is 16.9 Å². The van der Waals surface area contributed by atoms with E-state index in [0.29, 0.717) is 72.8 Å². The van der Waals surface area contributed by atoms with Gasteiger partial charge in [0.1, 0.15) is 40.8 Å². The molecule has 0 spiro atoms. The van der Waals surface area contributed by atoms with Crippen LogP contribution in [-0.2, 0) is 11.3 Å². The van der Waals surface area contributed by atoms with Gasteiger partial charge in [0.25, 0.3) is 5.91 Å². The Bertz CT molecular complexity index is 2480. The second-order valence-electron chi connectivity index (χ2n) is 14.2. The van der Waals surface area contributed by atoms with E-state index >= 15 is 4.39 Å². The van der Waals surface area contributed by atoms with E-state index in [0.717, 1.165) is 36.3 Å². The third-order valence-corrected chi connectivity index (χ3v) is 10.6. The molecule has 13 nitrogen and oxygen atoms in total. The standard InChI is InChI=1S/C38H36F3N11O2/c1-21-43-29-17-23(40)15-25-28-7-5-8-32(45-28)44-24-18-31(37(53)48(2)11-6-14-50(21)33(25)29)51(20-24)35-26-19-42-52(30-10-9-22(39)16-27(30)41)36(26)47-34(46-35)38(54)49-12-3-4-13-49/h5,7-10,15-17,19,24,31H,3-4,6,11-14,18,20H2,1-2H3,(H,44,45)/t24-,31-/m0/s1. The number of likely N-dealkylation sites (tertiary alicyclic amines) is 1. The molecule has 16 heteroatoms. The number of likely N-dealkylation sites (N-methyl/N-ethyl adjacent to an activating group) is 1. The highest BCUT2D eigenvalue weighted by Gasteiger charge is 2.41. The van der Waals surface area contributed by atoms with Gasteiger partial charge in [-0.15, -0.1) is 0 Å². The Labute approximate surface area is 307 Å². The van der Waals surface area contributed by atoms with Crippen LogP contribution in [-0.4, -0.2) is 101 Å². The van der Waals surface area contributed by atoms with Crippen molar-refractivity contribution in [2.45, 2.75) is 51.2 Å². The summed E-state index contributed by atoms with van der Waals surface area (Å²) in [6.07, 6.45) is 4.14. The Morgan fingerprint density at radius 3 is 2.56 bits per heavy atom. The number of carbonyl (C=O) groups is 2. The molecule has 3 aliphatic rings. The van der Waals surface area contributed by atoms with Gasteiger partial charge in [0, 0.05) is 63.5 Å². The van der Waals surface area contributed by atoms with Gasteiger partial charge in [-0.05, 0) is 62.9 Å². The quantitative estimate of drug-likeness (QED) is 0.264. The van der Waals surface area contributed by atoms with Gasteiger partial charge in [0.2, 0.25) is 11.7 Å². The van der Waals surface area contributed by atoms with Crippen molar-refractivity contribution in [1.29, 1.82) is 0 Å². The Hall–Kier alpha value is -6.06. The predicted octanol–water partition coefficient (Wildman–Crippen LogP) is 5.11. The summed E-state index contributed by atoms with van der Waals surface area (Å²) in [6, 6.07) is 10.5. The maximum Gasteiger partial charge on any atom is 0.291 e. The second-order valence-corrected chi connectivity index (χ2v) is 14.2. The number of aryl methyl sites for hydroxylation is 2. The van der Waals surface area contributed by atoms with Crippen LogP contribution in [0.4, 0.5) is 24.8 Å². The van der Waals surface area contributed by atoms with E-state index in [1.807, 2.05) is 34.6 Å². The Morgan fingerprint density at radius 2 is 1.74 bits per heavy atom. The molecule has 6 aromatic rings. The summed E-state index contributed by atoms with van der Waals surface area (Å²) >= 11 is 0. The summed E-state index contributed by atoms with van der Waals surface area (Å²) in [5.74, 6) is -1.09. The fourth-order valence-electron chi connectivity index (χ4n) is 8.03. The highest BCUT2D eigenvalue weighted by Crippen LogP contribution is 2.35. The van der Waals surface area contributed by atoms with Crippen LogP contribution in [0.1, 0.15) is 42.1 Å². The van der Waals surface area contributed by atoms with Crippen molar-refractivity contribution in [2.75, 3.05) is 43.4 Å². The molecule has 0 aliphatic carbocycles. The predicted molar refractivity (Wildman–Crippen MR) is 195 cm³/mol. The molecule has 276 valence electrons. The lowest BCUT2D eigenvalue weighted by Gasteiger charge is -2.29. The molecular formula is C38H36F3N11O2. The van der Waals surface area contributed by atoms with Gasteiger partial charge < -0.3 is 24.6 Å². The summed E-state index contributed by atoms with van der Waals surface area (Å²) in [6.45, 7) is 4.22. The van der Waals surface area contributed by atoms with Crippen LogP contribution in [0.2, 0.25) is 0 Å². The molecule has 4 bridgehead atoms. The number of anilines is 2. The Balaban J connectivity index is 1.16. The summed E-state index contributed by atoms with van der Waals surface area (Å²) in [5, 5.41) is 8.33. The number of halogens is 3. The largest absolute Gasteiger partial charge is 0.365 e. The zero-order valence-electron chi connectivity index (χ0n) is 29.6. The number of fused-ring (bicyclic) bond motifs is 6. The van der Waals surface area contributed by atoms with Gasteiger partial charge in [-0.2, -0.15) is 5.10 Å². The van der Waals surface area contributed by atoms with E-state index in [1.54, 1.807) is 16.8 Å². The third-order valence-electron chi connectivity index (χ3n) is 10.6. The lowest BCUT2D eigenvalue weighted by Crippen LogP contribution is -2.45. The van der Waals surface area contributed by atoms with Gasteiger partial charge in [0.15, 0.2) is 11.5 Å². The number of hydrogen-bond acceptors (Lipinski definition) is 9. The molecule has 0 radical (unpaired) electrons. The molecule has 2 aromatic carbocycles. The van der Waals surface area contributed by atoms with E-state index < -0.39 is 23.5 Å². The average molecular weight is 736 g/mol. The third kappa shape index (κ3) is 5.76. The number of hydrogen-bond donors (Lipinski definition) is 1. The molecule has 3 aliphatic heterocycles. The minimum atomic E-state index is -0.854. The van der Waals surface area contributed by atoms with E-state index in [9.17, 15) is 18.4 Å². The number of nitrogens with one attached hydrogen (secondary N) is 1. The van der Waals surface area contributed by atoms with Crippen molar-refractivity contribution in [1.82, 2.24) is 44.1 Å².